The van der Waals surface area contributed by atoms with E-state index in [0.29, 0.717) is 35.5 Å². The highest BCUT2D eigenvalue weighted by Crippen LogP contribution is 2.34. The molecule has 32 heavy (non-hydrogen) atoms. The van der Waals surface area contributed by atoms with E-state index in [2.05, 4.69) is 21.4 Å². The molecule has 0 spiro atoms. The molecule has 3 aromatic rings. The number of carbonyl (C=O) groups is 1. The average Bonchev–Trinajstić information content (AvgIpc) is 3.09. The number of hydrogen-bond acceptors (Lipinski definition) is 6. The molecule has 2 N–H and O–H groups in total. The van der Waals surface area contributed by atoms with E-state index in [1.807, 2.05) is 56.0 Å². The SMILES string of the molecule is CC(C)(C)OC(=O)NC1CCCN(c2c(C#N)c3nc[nH]c(=O)c3n2-c2ccccc2)C1. The summed E-state index contributed by atoms with van der Waals surface area (Å²) >= 11 is 0. The van der Waals surface area contributed by atoms with E-state index in [1.165, 1.54) is 6.33 Å². The van der Waals surface area contributed by atoms with Crippen LogP contribution < -0.4 is 15.8 Å². The van der Waals surface area contributed by atoms with Crippen molar-refractivity contribution in [1.29, 1.82) is 5.26 Å². The van der Waals surface area contributed by atoms with Crippen LogP contribution in [0.25, 0.3) is 16.7 Å². The van der Waals surface area contributed by atoms with Crippen LogP contribution in [0.5, 0.6) is 0 Å². The van der Waals surface area contributed by atoms with Gasteiger partial charge in [0, 0.05) is 24.8 Å². The Bertz CT molecular complexity index is 1230. The molecule has 4 rings (SSSR count). The van der Waals surface area contributed by atoms with E-state index in [-0.39, 0.29) is 11.6 Å². The van der Waals surface area contributed by atoms with Crippen LogP contribution in [-0.2, 0) is 4.74 Å². The van der Waals surface area contributed by atoms with Gasteiger partial charge in [0.2, 0.25) is 0 Å². The van der Waals surface area contributed by atoms with E-state index in [0.717, 1.165) is 18.5 Å². The third kappa shape index (κ3) is 4.17. The standard InChI is InChI=1S/C23H26N6O3/c1-23(2,3)32-22(31)27-15-8-7-11-28(13-15)21-17(12-24)18-19(20(30)26-14-25-18)29(21)16-9-5-4-6-10-16/h4-6,9-10,14-15H,7-8,11,13H2,1-3H3,(H,27,31)(H,25,26,30). The summed E-state index contributed by atoms with van der Waals surface area (Å²) in [5, 5.41) is 12.9. The Labute approximate surface area is 185 Å². The molecule has 1 unspecified atom stereocenters. The monoisotopic (exact) mass is 434 g/mol. The fourth-order valence-electron chi connectivity index (χ4n) is 4.10. The largest absolute Gasteiger partial charge is 0.444 e. The van der Waals surface area contributed by atoms with E-state index in [9.17, 15) is 14.9 Å². The summed E-state index contributed by atoms with van der Waals surface area (Å²) in [6.07, 6.45) is 2.45. The lowest BCUT2D eigenvalue weighted by molar-refractivity contribution is 0.0500. The fraction of sp³-hybridized carbons (Fsp3) is 0.391. The Morgan fingerprint density at radius 2 is 2.06 bits per heavy atom. The predicted molar refractivity (Wildman–Crippen MR) is 121 cm³/mol. The van der Waals surface area contributed by atoms with Gasteiger partial charge in [-0.15, -0.1) is 0 Å². The number of para-hydroxylation sites is 1. The lowest BCUT2D eigenvalue weighted by Crippen LogP contribution is -2.49. The maximum atomic E-state index is 12.8. The third-order valence-corrected chi connectivity index (χ3v) is 5.29. The predicted octanol–water partition coefficient (Wildman–Crippen LogP) is 3.08. The molecule has 1 amide bonds. The molecule has 1 atom stereocenters. The van der Waals surface area contributed by atoms with Gasteiger partial charge in [-0.05, 0) is 45.7 Å². The van der Waals surface area contributed by atoms with Crippen molar-refractivity contribution in [2.24, 2.45) is 0 Å². The molecule has 1 saturated heterocycles. The van der Waals surface area contributed by atoms with Crippen LogP contribution in [-0.4, -0.2) is 45.4 Å². The molecule has 2 aromatic heterocycles. The molecular weight excluding hydrogens is 408 g/mol. The van der Waals surface area contributed by atoms with Gasteiger partial charge in [-0.1, -0.05) is 18.2 Å². The number of carbonyl (C=O) groups excluding carboxylic acids is 1. The van der Waals surface area contributed by atoms with Crippen LogP contribution in [0.4, 0.5) is 10.6 Å². The van der Waals surface area contributed by atoms with Crippen molar-refractivity contribution < 1.29 is 9.53 Å². The topological polar surface area (TPSA) is 116 Å². The van der Waals surface area contributed by atoms with E-state index < -0.39 is 11.7 Å². The number of nitrogens with zero attached hydrogens (tertiary/aromatic N) is 4. The quantitative estimate of drug-likeness (QED) is 0.654. The van der Waals surface area contributed by atoms with Gasteiger partial charge in [0.1, 0.15) is 34.1 Å². The third-order valence-electron chi connectivity index (χ3n) is 5.29. The molecular formula is C23H26N6O3. The number of aromatic nitrogens is 3. The highest BCUT2D eigenvalue weighted by Gasteiger charge is 2.30. The van der Waals surface area contributed by atoms with Crippen LogP contribution in [0.2, 0.25) is 0 Å². The highest BCUT2D eigenvalue weighted by molar-refractivity contribution is 5.91. The van der Waals surface area contributed by atoms with Crippen LogP contribution in [0.1, 0.15) is 39.2 Å². The molecule has 9 nitrogen and oxygen atoms in total. The zero-order valence-electron chi connectivity index (χ0n) is 18.4. The van der Waals surface area contributed by atoms with Crippen LogP contribution in [0, 0.1) is 11.3 Å². The molecule has 1 fully saturated rings. The maximum Gasteiger partial charge on any atom is 0.407 e. The number of piperidine rings is 1. The van der Waals surface area contributed by atoms with Crippen molar-refractivity contribution in [3.63, 3.8) is 0 Å². The van der Waals surface area contributed by atoms with Crippen molar-refractivity contribution in [1.82, 2.24) is 19.9 Å². The molecule has 9 heteroatoms. The smallest absolute Gasteiger partial charge is 0.407 e. The van der Waals surface area contributed by atoms with Crippen molar-refractivity contribution in [3.8, 4) is 11.8 Å². The Hall–Kier alpha value is -3.80. The minimum Gasteiger partial charge on any atom is -0.444 e. The zero-order chi connectivity index (χ0) is 22.9. The Morgan fingerprint density at radius 1 is 1.31 bits per heavy atom. The molecule has 166 valence electrons. The number of ether oxygens (including phenoxy) is 1. The highest BCUT2D eigenvalue weighted by atomic mass is 16.6. The van der Waals surface area contributed by atoms with Crippen LogP contribution >= 0.6 is 0 Å². The normalized spacial score (nSPS) is 16.6. The number of nitrogens with one attached hydrogen (secondary N) is 2. The van der Waals surface area contributed by atoms with Gasteiger partial charge >= 0.3 is 6.09 Å². The summed E-state index contributed by atoms with van der Waals surface area (Å²) in [6, 6.07) is 11.5. The summed E-state index contributed by atoms with van der Waals surface area (Å²) < 4.78 is 7.19. The summed E-state index contributed by atoms with van der Waals surface area (Å²) in [7, 11) is 0. The summed E-state index contributed by atoms with van der Waals surface area (Å²) in [6.45, 7) is 6.63. The molecule has 1 aromatic carbocycles. The number of nitriles is 1. The van der Waals surface area contributed by atoms with E-state index in [1.54, 1.807) is 4.57 Å². The zero-order valence-corrected chi connectivity index (χ0v) is 18.4. The maximum absolute atomic E-state index is 12.8. The lowest BCUT2D eigenvalue weighted by Gasteiger charge is -2.35. The number of benzene rings is 1. The number of anilines is 1. The number of alkyl carbamates (subject to hydrolysis) is 1. The lowest BCUT2D eigenvalue weighted by atomic mass is 10.1. The molecule has 1 aliphatic heterocycles. The van der Waals surface area contributed by atoms with Gasteiger partial charge < -0.3 is 19.9 Å². The van der Waals surface area contributed by atoms with E-state index in [4.69, 9.17) is 4.74 Å². The summed E-state index contributed by atoms with van der Waals surface area (Å²) in [5.41, 5.74) is 0.883. The van der Waals surface area contributed by atoms with Crippen molar-refractivity contribution in [2.75, 3.05) is 18.0 Å². The minimum absolute atomic E-state index is 0.154. The van der Waals surface area contributed by atoms with Gasteiger partial charge in [-0.3, -0.25) is 9.36 Å². The average molecular weight is 435 g/mol. The van der Waals surface area contributed by atoms with Gasteiger partial charge in [-0.25, -0.2) is 9.78 Å². The minimum atomic E-state index is -0.584. The Kier molecular flexibility index (Phi) is 5.61. The molecule has 0 aliphatic carbocycles. The number of hydrogen-bond donors (Lipinski definition) is 2. The second-order valence-electron chi connectivity index (χ2n) is 8.84. The number of fused-ring (bicyclic) bond motifs is 1. The first kappa shape index (κ1) is 21.4. The van der Waals surface area contributed by atoms with Gasteiger partial charge in [0.25, 0.3) is 5.56 Å². The van der Waals surface area contributed by atoms with E-state index >= 15 is 0 Å². The first-order valence-electron chi connectivity index (χ1n) is 10.6. The van der Waals surface area contributed by atoms with Gasteiger partial charge in [0.05, 0.1) is 6.33 Å². The Morgan fingerprint density at radius 3 is 2.75 bits per heavy atom. The van der Waals surface area contributed by atoms with Crippen molar-refractivity contribution >= 4 is 22.9 Å². The number of H-pyrrole nitrogens is 1. The second kappa shape index (κ2) is 8.38. The number of rotatable bonds is 3. The Balaban J connectivity index is 1.77. The number of aromatic amines is 1. The molecule has 3 heterocycles. The molecule has 1 aliphatic rings. The molecule has 0 bridgehead atoms. The van der Waals surface area contributed by atoms with Crippen molar-refractivity contribution in [2.45, 2.75) is 45.3 Å². The first-order valence-corrected chi connectivity index (χ1v) is 10.6. The molecule has 0 saturated carbocycles. The van der Waals surface area contributed by atoms with Crippen LogP contribution in [0.3, 0.4) is 0 Å². The summed E-state index contributed by atoms with van der Waals surface area (Å²) in [5.74, 6) is 0.605. The van der Waals surface area contributed by atoms with Gasteiger partial charge in [-0.2, -0.15) is 5.26 Å². The second-order valence-corrected chi connectivity index (χ2v) is 8.84. The fourth-order valence-corrected chi connectivity index (χ4v) is 4.10. The molecule has 0 radical (unpaired) electrons. The summed E-state index contributed by atoms with van der Waals surface area (Å²) in [4.78, 5) is 34.0. The first-order chi connectivity index (χ1) is 15.3. The van der Waals surface area contributed by atoms with Crippen LogP contribution in [0.15, 0.2) is 41.5 Å². The van der Waals surface area contributed by atoms with Gasteiger partial charge in [0.15, 0.2) is 0 Å². The number of amides is 1. The van der Waals surface area contributed by atoms with Crippen molar-refractivity contribution in [3.05, 3.63) is 52.6 Å².